The van der Waals surface area contributed by atoms with Gasteiger partial charge >= 0.3 is 0 Å². The van der Waals surface area contributed by atoms with E-state index in [2.05, 4.69) is 16.3 Å². The second kappa shape index (κ2) is 5.07. The lowest BCUT2D eigenvalue weighted by molar-refractivity contribution is 0.0481. The smallest absolute Gasteiger partial charge is 0.0610 e. The molecule has 0 aromatic carbocycles. The van der Waals surface area contributed by atoms with E-state index >= 15 is 0 Å². The van der Waals surface area contributed by atoms with E-state index in [4.69, 9.17) is 5.73 Å². The van der Waals surface area contributed by atoms with Gasteiger partial charge in [-0.1, -0.05) is 6.07 Å². The number of nitrogens with two attached hydrogens (primary N) is 1. The molecule has 3 nitrogen and oxygen atoms in total. The third kappa shape index (κ3) is 2.78. The van der Waals surface area contributed by atoms with Crippen molar-refractivity contribution in [1.82, 2.24) is 4.90 Å². The first-order valence-corrected chi connectivity index (χ1v) is 5.98. The van der Waals surface area contributed by atoms with Gasteiger partial charge < -0.3 is 10.8 Å². The number of nitrogens with zero attached hydrogens (tertiary/aromatic N) is 1. The summed E-state index contributed by atoms with van der Waals surface area (Å²) in [7, 11) is 2.01. The monoisotopic (exact) mass is 228 g/mol. The first-order chi connectivity index (χ1) is 7.03. The second-order valence-corrected chi connectivity index (χ2v) is 5.33. The lowest BCUT2D eigenvalue weighted by Crippen LogP contribution is -2.47. The van der Waals surface area contributed by atoms with Crippen molar-refractivity contribution in [2.24, 2.45) is 5.73 Å². The molecule has 4 heteroatoms. The highest BCUT2D eigenvalue weighted by atomic mass is 32.1. The van der Waals surface area contributed by atoms with Crippen LogP contribution in [0.2, 0.25) is 0 Å². The maximum atomic E-state index is 9.33. The summed E-state index contributed by atoms with van der Waals surface area (Å²) in [4.78, 5) is 3.39. The summed E-state index contributed by atoms with van der Waals surface area (Å²) in [6.45, 7) is 4.73. The van der Waals surface area contributed by atoms with Crippen molar-refractivity contribution < 1.29 is 5.11 Å². The largest absolute Gasteiger partial charge is 0.394 e. The fourth-order valence-corrected chi connectivity index (χ4v) is 2.36. The van der Waals surface area contributed by atoms with Gasteiger partial charge in [-0.05, 0) is 32.3 Å². The van der Waals surface area contributed by atoms with Gasteiger partial charge in [-0.3, -0.25) is 4.90 Å². The van der Waals surface area contributed by atoms with Crippen LogP contribution in [0.5, 0.6) is 0 Å². The second-order valence-electron chi connectivity index (χ2n) is 4.35. The molecule has 0 amide bonds. The molecule has 0 spiro atoms. The van der Waals surface area contributed by atoms with E-state index in [1.165, 1.54) is 4.88 Å². The average molecular weight is 228 g/mol. The van der Waals surface area contributed by atoms with Gasteiger partial charge in [0.15, 0.2) is 0 Å². The summed E-state index contributed by atoms with van der Waals surface area (Å²) in [5.74, 6) is 0. The van der Waals surface area contributed by atoms with Crippen molar-refractivity contribution >= 4 is 11.3 Å². The molecule has 0 saturated carbocycles. The SMILES string of the molecule is CN(C(CN)c1cccs1)C(C)(C)CO. The standard InChI is InChI=1S/C11H20N2OS/c1-11(2,8-14)13(3)9(7-12)10-5-4-6-15-10/h4-6,9,14H,7-8,12H2,1-3H3. The predicted octanol–water partition coefficient (Wildman–Crippen LogP) is 1.45. The van der Waals surface area contributed by atoms with Crippen LogP contribution in [0.4, 0.5) is 0 Å². The van der Waals surface area contributed by atoms with Gasteiger partial charge in [0, 0.05) is 17.0 Å². The zero-order valence-electron chi connectivity index (χ0n) is 9.60. The number of hydrogen-bond acceptors (Lipinski definition) is 4. The van der Waals surface area contributed by atoms with Crippen LogP contribution in [0.1, 0.15) is 24.8 Å². The summed E-state index contributed by atoms with van der Waals surface area (Å²) in [5, 5.41) is 11.4. The van der Waals surface area contributed by atoms with Crippen LogP contribution in [0.15, 0.2) is 17.5 Å². The molecule has 1 rings (SSSR count). The Bertz CT molecular complexity index is 285. The zero-order chi connectivity index (χ0) is 11.5. The molecule has 1 heterocycles. The van der Waals surface area contributed by atoms with Crippen molar-refractivity contribution in [1.29, 1.82) is 0 Å². The first-order valence-electron chi connectivity index (χ1n) is 5.10. The highest BCUT2D eigenvalue weighted by Gasteiger charge is 2.29. The molecule has 0 saturated heterocycles. The molecular formula is C11H20N2OS. The van der Waals surface area contributed by atoms with Crippen LogP contribution in [-0.2, 0) is 0 Å². The fraction of sp³-hybridized carbons (Fsp3) is 0.636. The number of likely N-dealkylation sites (N-methyl/N-ethyl adjacent to an activating group) is 1. The summed E-state index contributed by atoms with van der Waals surface area (Å²) >= 11 is 1.71. The van der Waals surface area contributed by atoms with E-state index in [1.807, 2.05) is 27.0 Å². The van der Waals surface area contributed by atoms with Crippen molar-refractivity contribution in [3.05, 3.63) is 22.4 Å². The fourth-order valence-electron chi connectivity index (χ4n) is 1.48. The van der Waals surface area contributed by atoms with Crippen LogP contribution < -0.4 is 5.73 Å². The maximum Gasteiger partial charge on any atom is 0.0610 e. The number of rotatable bonds is 5. The molecule has 0 aliphatic rings. The summed E-state index contributed by atoms with van der Waals surface area (Å²) in [5.41, 5.74) is 5.56. The topological polar surface area (TPSA) is 49.5 Å². The first kappa shape index (κ1) is 12.6. The minimum atomic E-state index is -0.242. The molecule has 0 fully saturated rings. The van der Waals surface area contributed by atoms with E-state index in [-0.39, 0.29) is 18.2 Å². The number of aliphatic hydroxyl groups excluding tert-OH is 1. The Morgan fingerprint density at radius 1 is 1.60 bits per heavy atom. The van der Waals surface area contributed by atoms with Gasteiger partial charge in [0.1, 0.15) is 0 Å². The molecule has 3 N–H and O–H groups in total. The van der Waals surface area contributed by atoms with E-state index in [9.17, 15) is 5.11 Å². The molecule has 0 bridgehead atoms. The van der Waals surface area contributed by atoms with Gasteiger partial charge in [-0.2, -0.15) is 0 Å². The highest BCUT2D eigenvalue weighted by molar-refractivity contribution is 7.10. The molecule has 1 unspecified atom stereocenters. The Balaban J connectivity index is 2.84. The minimum Gasteiger partial charge on any atom is -0.394 e. The molecule has 1 aromatic heterocycles. The van der Waals surface area contributed by atoms with Crippen LogP contribution in [0.3, 0.4) is 0 Å². The van der Waals surface area contributed by atoms with E-state index in [0.29, 0.717) is 6.54 Å². The summed E-state index contributed by atoms with van der Waals surface area (Å²) in [6, 6.07) is 4.31. The summed E-state index contributed by atoms with van der Waals surface area (Å²) < 4.78 is 0. The lowest BCUT2D eigenvalue weighted by Gasteiger charge is -2.39. The molecule has 0 aliphatic carbocycles. The van der Waals surface area contributed by atoms with Crippen molar-refractivity contribution in [3.8, 4) is 0 Å². The Morgan fingerprint density at radius 2 is 2.27 bits per heavy atom. The lowest BCUT2D eigenvalue weighted by atomic mass is 10.0. The van der Waals surface area contributed by atoms with Crippen LogP contribution in [0.25, 0.3) is 0 Å². The van der Waals surface area contributed by atoms with Crippen molar-refractivity contribution in [3.63, 3.8) is 0 Å². The molecule has 1 aromatic rings. The van der Waals surface area contributed by atoms with E-state index in [0.717, 1.165) is 0 Å². The molecule has 15 heavy (non-hydrogen) atoms. The number of thiophene rings is 1. The van der Waals surface area contributed by atoms with Crippen LogP contribution in [-0.4, -0.2) is 35.7 Å². The van der Waals surface area contributed by atoms with Gasteiger partial charge in [0.25, 0.3) is 0 Å². The quantitative estimate of drug-likeness (QED) is 0.802. The molecular weight excluding hydrogens is 208 g/mol. The van der Waals surface area contributed by atoms with Gasteiger partial charge in [0.2, 0.25) is 0 Å². The Labute approximate surface area is 95.5 Å². The Hall–Kier alpha value is -0.420. The Morgan fingerprint density at radius 3 is 2.67 bits per heavy atom. The van der Waals surface area contributed by atoms with E-state index in [1.54, 1.807) is 11.3 Å². The van der Waals surface area contributed by atoms with Crippen molar-refractivity contribution in [2.75, 3.05) is 20.2 Å². The third-order valence-electron chi connectivity index (χ3n) is 2.90. The number of hydrogen-bond donors (Lipinski definition) is 2. The normalized spacial score (nSPS) is 14.5. The molecule has 1 atom stereocenters. The molecule has 86 valence electrons. The maximum absolute atomic E-state index is 9.33. The van der Waals surface area contributed by atoms with Crippen LogP contribution >= 0.6 is 11.3 Å². The molecule has 0 radical (unpaired) electrons. The van der Waals surface area contributed by atoms with Gasteiger partial charge in [-0.25, -0.2) is 0 Å². The Kier molecular flexibility index (Phi) is 4.28. The van der Waals surface area contributed by atoms with Crippen molar-refractivity contribution in [2.45, 2.75) is 25.4 Å². The highest BCUT2D eigenvalue weighted by Crippen LogP contribution is 2.28. The number of aliphatic hydroxyl groups is 1. The molecule has 0 aliphatic heterocycles. The minimum absolute atomic E-state index is 0.130. The average Bonchev–Trinajstić information content (AvgIpc) is 2.72. The van der Waals surface area contributed by atoms with Crippen LogP contribution in [0, 0.1) is 0 Å². The van der Waals surface area contributed by atoms with Gasteiger partial charge in [-0.15, -0.1) is 11.3 Å². The van der Waals surface area contributed by atoms with E-state index < -0.39 is 0 Å². The third-order valence-corrected chi connectivity index (χ3v) is 3.88. The van der Waals surface area contributed by atoms with Gasteiger partial charge in [0.05, 0.1) is 12.6 Å². The zero-order valence-corrected chi connectivity index (χ0v) is 10.4. The predicted molar refractivity (Wildman–Crippen MR) is 65.0 cm³/mol. The summed E-state index contributed by atoms with van der Waals surface area (Å²) in [6.07, 6.45) is 0.